The van der Waals surface area contributed by atoms with Gasteiger partial charge in [-0.1, -0.05) is 12.1 Å². The average Bonchev–Trinajstić information content (AvgIpc) is 2.36. The van der Waals surface area contributed by atoms with Gasteiger partial charge in [-0.3, -0.25) is 0 Å². The van der Waals surface area contributed by atoms with E-state index in [2.05, 4.69) is 0 Å². The van der Waals surface area contributed by atoms with Crippen molar-refractivity contribution in [2.45, 2.75) is 13.3 Å². The molecule has 2 N–H and O–H groups in total. The Hall–Kier alpha value is -1.26. The van der Waals surface area contributed by atoms with E-state index in [9.17, 15) is 0 Å². The molecule has 0 aliphatic carbocycles. The molecule has 1 rings (SSSR count). The van der Waals surface area contributed by atoms with Crippen LogP contribution in [0.2, 0.25) is 0 Å². The first-order valence-electron chi connectivity index (χ1n) is 6.01. The predicted molar refractivity (Wildman–Crippen MR) is 67.6 cm³/mol. The van der Waals surface area contributed by atoms with E-state index >= 15 is 0 Å². The zero-order chi connectivity index (χ0) is 12.3. The van der Waals surface area contributed by atoms with Crippen LogP contribution in [0, 0.1) is 0 Å². The Morgan fingerprint density at radius 2 is 1.71 bits per heavy atom. The second-order valence-electron chi connectivity index (χ2n) is 3.48. The molecule has 1 aromatic rings. The molecule has 0 atom stereocenters. The smallest absolute Gasteiger partial charge is 0.161 e. The van der Waals surface area contributed by atoms with Crippen molar-refractivity contribution >= 4 is 0 Å². The summed E-state index contributed by atoms with van der Waals surface area (Å²) >= 11 is 0. The van der Waals surface area contributed by atoms with E-state index in [0.717, 1.165) is 17.9 Å². The Bertz CT molecular complexity index is 304. The maximum absolute atomic E-state index is 5.63. The maximum Gasteiger partial charge on any atom is 0.161 e. The van der Waals surface area contributed by atoms with Crippen molar-refractivity contribution in [3.63, 3.8) is 0 Å². The van der Waals surface area contributed by atoms with Gasteiger partial charge in [-0.25, -0.2) is 0 Å². The fraction of sp³-hybridized carbons (Fsp3) is 0.538. The van der Waals surface area contributed by atoms with Crippen LogP contribution < -0.4 is 15.2 Å². The van der Waals surface area contributed by atoms with Gasteiger partial charge < -0.3 is 19.9 Å². The van der Waals surface area contributed by atoms with Crippen molar-refractivity contribution in [2.24, 2.45) is 5.73 Å². The summed E-state index contributed by atoms with van der Waals surface area (Å²) in [4.78, 5) is 0. The maximum atomic E-state index is 5.63. The van der Waals surface area contributed by atoms with Crippen LogP contribution in [0.15, 0.2) is 24.3 Å². The van der Waals surface area contributed by atoms with Crippen LogP contribution in [-0.4, -0.2) is 33.0 Å². The quantitative estimate of drug-likeness (QED) is 0.668. The molecular formula is C13H21NO3. The summed E-state index contributed by atoms with van der Waals surface area (Å²) in [7, 11) is 0. The van der Waals surface area contributed by atoms with E-state index in [-0.39, 0.29) is 0 Å². The van der Waals surface area contributed by atoms with Crippen LogP contribution in [0.4, 0.5) is 0 Å². The summed E-state index contributed by atoms with van der Waals surface area (Å²) in [6.45, 7) is 5.06. The summed E-state index contributed by atoms with van der Waals surface area (Å²) in [6, 6.07) is 7.68. The zero-order valence-electron chi connectivity index (χ0n) is 10.4. The first kappa shape index (κ1) is 13.8. The molecule has 0 saturated heterocycles. The third-order valence-electron chi connectivity index (χ3n) is 2.10. The van der Waals surface area contributed by atoms with E-state index in [1.807, 2.05) is 31.2 Å². The van der Waals surface area contributed by atoms with Gasteiger partial charge in [0.15, 0.2) is 11.5 Å². The standard InChI is InChI=1S/C13H21NO3/c1-2-16-12-6-3-4-7-13(12)17-10-5-9-15-11-8-14/h3-4,6-7H,2,5,8-11,14H2,1H3. The third-order valence-corrected chi connectivity index (χ3v) is 2.10. The molecule has 0 spiro atoms. The minimum Gasteiger partial charge on any atom is -0.490 e. The van der Waals surface area contributed by atoms with E-state index in [0.29, 0.717) is 33.0 Å². The molecule has 0 fully saturated rings. The number of hydrogen-bond donors (Lipinski definition) is 1. The molecule has 0 radical (unpaired) electrons. The van der Waals surface area contributed by atoms with E-state index in [4.69, 9.17) is 19.9 Å². The van der Waals surface area contributed by atoms with Crippen LogP contribution in [-0.2, 0) is 4.74 Å². The lowest BCUT2D eigenvalue weighted by Gasteiger charge is -2.11. The van der Waals surface area contributed by atoms with Crippen molar-refractivity contribution < 1.29 is 14.2 Å². The molecular weight excluding hydrogens is 218 g/mol. The summed E-state index contributed by atoms with van der Waals surface area (Å²) in [5.41, 5.74) is 5.31. The molecule has 17 heavy (non-hydrogen) atoms. The minimum absolute atomic E-state index is 0.564. The highest BCUT2D eigenvalue weighted by Crippen LogP contribution is 2.26. The van der Waals surface area contributed by atoms with E-state index in [1.54, 1.807) is 0 Å². The SMILES string of the molecule is CCOc1ccccc1OCCCOCCN. The summed E-state index contributed by atoms with van der Waals surface area (Å²) in [6.07, 6.45) is 0.848. The highest BCUT2D eigenvalue weighted by Gasteiger charge is 2.02. The third kappa shape index (κ3) is 5.56. The van der Waals surface area contributed by atoms with Crippen LogP contribution in [0.1, 0.15) is 13.3 Å². The highest BCUT2D eigenvalue weighted by molar-refractivity contribution is 5.39. The molecule has 0 saturated carbocycles. The van der Waals surface area contributed by atoms with E-state index in [1.165, 1.54) is 0 Å². The number of ether oxygens (including phenoxy) is 3. The molecule has 4 nitrogen and oxygen atoms in total. The molecule has 1 aromatic carbocycles. The summed E-state index contributed by atoms with van der Waals surface area (Å²) in [5, 5.41) is 0. The fourth-order valence-corrected chi connectivity index (χ4v) is 1.37. The topological polar surface area (TPSA) is 53.7 Å². The van der Waals surface area contributed by atoms with Gasteiger partial charge in [0.1, 0.15) is 0 Å². The average molecular weight is 239 g/mol. The van der Waals surface area contributed by atoms with Crippen LogP contribution in [0.3, 0.4) is 0 Å². The molecule has 0 bridgehead atoms. The molecule has 4 heteroatoms. The largest absolute Gasteiger partial charge is 0.490 e. The monoisotopic (exact) mass is 239 g/mol. The Kier molecular flexibility index (Phi) is 7.18. The van der Waals surface area contributed by atoms with Crippen molar-refractivity contribution in [1.29, 1.82) is 0 Å². The van der Waals surface area contributed by atoms with Gasteiger partial charge in [0.25, 0.3) is 0 Å². The Labute approximate surface area is 103 Å². The predicted octanol–water partition coefficient (Wildman–Crippen LogP) is 1.83. The Balaban J connectivity index is 2.25. The highest BCUT2D eigenvalue weighted by atomic mass is 16.5. The second-order valence-corrected chi connectivity index (χ2v) is 3.48. The van der Waals surface area contributed by atoms with Crippen molar-refractivity contribution in [3.8, 4) is 11.5 Å². The van der Waals surface area contributed by atoms with Gasteiger partial charge in [0.05, 0.1) is 19.8 Å². The van der Waals surface area contributed by atoms with E-state index < -0.39 is 0 Å². The molecule has 0 unspecified atom stereocenters. The molecule has 0 aliphatic heterocycles. The van der Waals surface area contributed by atoms with Gasteiger partial charge in [0, 0.05) is 19.6 Å². The number of rotatable bonds is 9. The van der Waals surface area contributed by atoms with Crippen molar-refractivity contribution in [3.05, 3.63) is 24.3 Å². The summed E-state index contributed by atoms with van der Waals surface area (Å²) < 4.78 is 16.4. The molecule has 0 aromatic heterocycles. The summed E-state index contributed by atoms with van der Waals surface area (Å²) in [5.74, 6) is 1.58. The lowest BCUT2D eigenvalue weighted by molar-refractivity contribution is 0.125. The normalized spacial score (nSPS) is 10.2. The van der Waals surface area contributed by atoms with Gasteiger partial charge >= 0.3 is 0 Å². The molecule has 96 valence electrons. The van der Waals surface area contributed by atoms with Crippen LogP contribution >= 0.6 is 0 Å². The van der Waals surface area contributed by atoms with Crippen molar-refractivity contribution in [2.75, 3.05) is 33.0 Å². The van der Waals surface area contributed by atoms with Crippen LogP contribution in [0.25, 0.3) is 0 Å². The second kappa shape index (κ2) is 8.84. The Morgan fingerprint density at radius 1 is 1.00 bits per heavy atom. The minimum atomic E-state index is 0.564. The number of benzene rings is 1. The molecule has 0 heterocycles. The number of para-hydroxylation sites is 2. The van der Waals surface area contributed by atoms with Gasteiger partial charge in [-0.05, 0) is 19.1 Å². The van der Waals surface area contributed by atoms with Gasteiger partial charge in [-0.15, -0.1) is 0 Å². The van der Waals surface area contributed by atoms with Gasteiger partial charge in [0.2, 0.25) is 0 Å². The lowest BCUT2D eigenvalue weighted by Crippen LogP contribution is -2.10. The Morgan fingerprint density at radius 3 is 2.35 bits per heavy atom. The molecule has 0 amide bonds. The van der Waals surface area contributed by atoms with Gasteiger partial charge in [-0.2, -0.15) is 0 Å². The lowest BCUT2D eigenvalue weighted by atomic mass is 10.3. The van der Waals surface area contributed by atoms with Crippen molar-refractivity contribution in [1.82, 2.24) is 0 Å². The zero-order valence-corrected chi connectivity index (χ0v) is 10.4. The first-order chi connectivity index (χ1) is 8.38. The molecule has 0 aliphatic rings. The fourth-order valence-electron chi connectivity index (χ4n) is 1.37. The van der Waals surface area contributed by atoms with Crippen LogP contribution in [0.5, 0.6) is 11.5 Å². The first-order valence-corrected chi connectivity index (χ1v) is 6.01. The number of hydrogen-bond acceptors (Lipinski definition) is 4. The number of nitrogens with two attached hydrogens (primary N) is 1.